The smallest absolute Gasteiger partial charge is 0.406 e. The lowest BCUT2D eigenvalue weighted by Gasteiger charge is -2.09. The first-order valence-electron chi connectivity index (χ1n) is 5.69. The van der Waals surface area contributed by atoms with Gasteiger partial charge in [0.05, 0.1) is 0 Å². The molecule has 1 aromatic carbocycles. The summed E-state index contributed by atoms with van der Waals surface area (Å²) >= 11 is 0. The molecular formula is C14H10F3NO2. The maximum absolute atomic E-state index is 12.1. The van der Waals surface area contributed by atoms with Gasteiger partial charge < -0.3 is 4.74 Å². The van der Waals surface area contributed by atoms with Gasteiger partial charge in [0.15, 0.2) is 0 Å². The van der Waals surface area contributed by atoms with Crippen molar-refractivity contribution in [2.75, 3.05) is 0 Å². The van der Waals surface area contributed by atoms with Crippen molar-refractivity contribution >= 4 is 5.78 Å². The Morgan fingerprint density at radius 3 is 2.50 bits per heavy atom. The second-order valence-corrected chi connectivity index (χ2v) is 4.07. The first kappa shape index (κ1) is 14.0. The molecule has 0 unspecified atom stereocenters. The Morgan fingerprint density at radius 2 is 1.85 bits per heavy atom. The van der Waals surface area contributed by atoms with Gasteiger partial charge >= 0.3 is 6.36 Å². The molecule has 0 fully saturated rings. The lowest BCUT2D eigenvalue weighted by atomic mass is 10.1. The van der Waals surface area contributed by atoms with Crippen molar-refractivity contribution in [2.45, 2.75) is 13.3 Å². The molecule has 1 heterocycles. The Balaban J connectivity index is 2.29. The van der Waals surface area contributed by atoms with Crippen LogP contribution in [-0.4, -0.2) is 17.1 Å². The summed E-state index contributed by atoms with van der Waals surface area (Å²) in [5.41, 5.74) is 0.914. The van der Waals surface area contributed by atoms with Gasteiger partial charge in [-0.25, -0.2) is 4.98 Å². The van der Waals surface area contributed by atoms with Gasteiger partial charge in [0.1, 0.15) is 11.4 Å². The van der Waals surface area contributed by atoms with Crippen LogP contribution in [0.15, 0.2) is 42.5 Å². The molecule has 0 aliphatic heterocycles. The molecule has 20 heavy (non-hydrogen) atoms. The van der Waals surface area contributed by atoms with Crippen LogP contribution in [0, 0.1) is 6.92 Å². The van der Waals surface area contributed by atoms with Crippen LogP contribution in [-0.2, 0) is 0 Å². The molecule has 0 saturated heterocycles. The van der Waals surface area contributed by atoms with Crippen LogP contribution in [0.2, 0.25) is 0 Å². The Labute approximate surface area is 113 Å². The molecule has 2 rings (SSSR count). The molecule has 0 radical (unpaired) electrons. The normalized spacial score (nSPS) is 11.2. The highest BCUT2D eigenvalue weighted by molar-refractivity contribution is 6.07. The summed E-state index contributed by atoms with van der Waals surface area (Å²) in [4.78, 5) is 16.2. The number of carbonyl (C=O) groups is 1. The summed E-state index contributed by atoms with van der Waals surface area (Å²) in [5.74, 6) is -0.891. The maximum atomic E-state index is 12.1. The molecular weight excluding hydrogens is 271 g/mol. The van der Waals surface area contributed by atoms with E-state index in [0.717, 1.165) is 12.1 Å². The van der Waals surface area contributed by atoms with Crippen LogP contribution in [0.5, 0.6) is 5.75 Å². The molecule has 0 atom stereocenters. The SMILES string of the molecule is Cc1cccc(C(=O)c2cccc(OC(F)(F)F)c2)n1. The van der Waals surface area contributed by atoms with Crippen molar-refractivity contribution < 1.29 is 22.7 Å². The summed E-state index contributed by atoms with van der Waals surface area (Å²) in [6, 6.07) is 9.80. The number of ketones is 1. The van der Waals surface area contributed by atoms with Crippen molar-refractivity contribution in [3.8, 4) is 5.75 Å². The number of pyridine rings is 1. The molecule has 0 spiro atoms. The van der Waals surface area contributed by atoms with Crippen LogP contribution in [0.1, 0.15) is 21.7 Å². The van der Waals surface area contributed by atoms with E-state index in [9.17, 15) is 18.0 Å². The topological polar surface area (TPSA) is 39.2 Å². The first-order chi connectivity index (χ1) is 9.35. The van der Waals surface area contributed by atoms with Gasteiger partial charge in [-0.05, 0) is 31.2 Å². The van der Waals surface area contributed by atoms with Crippen molar-refractivity contribution in [1.82, 2.24) is 4.98 Å². The van der Waals surface area contributed by atoms with Crippen molar-refractivity contribution in [3.05, 3.63) is 59.4 Å². The number of rotatable bonds is 3. The lowest BCUT2D eigenvalue weighted by Crippen LogP contribution is -2.17. The third-order valence-electron chi connectivity index (χ3n) is 2.45. The summed E-state index contributed by atoms with van der Waals surface area (Å²) in [6.07, 6.45) is -4.79. The third kappa shape index (κ3) is 3.57. The Kier molecular flexibility index (Phi) is 3.74. The molecule has 0 saturated carbocycles. The fourth-order valence-corrected chi connectivity index (χ4v) is 1.65. The van der Waals surface area contributed by atoms with Gasteiger partial charge in [-0.3, -0.25) is 4.79 Å². The van der Waals surface area contributed by atoms with E-state index in [1.807, 2.05) is 0 Å². The number of carbonyl (C=O) groups excluding carboxylic acids is 1. The minimum absolute atomic E-state index is 0.0878. The van der Waals surface area contributed by atoms with E-state index < -0.39 is 17.9 Å². The predicted octanol–water partition coefficient (Wildman–Crippen LogP) is 3.52. The molecule has 104 valence electrons. The number of aryl methyl sites for hydroxylation is 1. The fraction of sp³-hybridized carbons (Fsp3) is 0.143. The van der Waals surface area contributed by atoms with Gasteiger partial charge in [0, 0.05) is 11.3 Å². The maximum Gasteiger partial charge on any atom is 0.573 e. The molecule has 0 bridgehead atoms. The number of halogens is 3. The Morgan fingerprint density at radius 1 is 1.15 bits per heavy atom. The summed E-state index contributed by atoms with van der Waals surface area (Å²) in [7, 11) is 0. The summed E-state index contributed by atoms with van der Waals surface area (Å²) in [5, 5.41) is 0. The van der Waals surface area contributed by atoms with E-state index in [1.165, 1.54) is 18.2 Å². The Hall–Kier alpha value is -2.37. The van der Waals surface area contributed by atoms with Crippen LogP contribution >= 0.6 is 0 Å². The number of alkyl halides is 3. The lowest BCUT2D eigenvalue weighted by molar-refractivity contribution is -0.274. The monoisotopic (exact) mass is 281 g/mol. The van der Waals surface area contributed by atoms with Crippen LogP contribution in [0.25, 0.3) is 0 Å². The largest absolute Gasteiger partial charge is 0.573 e. The van der Waals surface area contributed by atoms with Gasteiger partial charge in [0.25, 0.3) is 0 Å². The van der Waals surface area contributed by atoms with E-state index in [-0.39, 0.29) is 11.3 Å². The molecule has 0 N–H and O–H groups in total. The number of nitrogens with zero attached hydrogens (tertiary/aromatic N) is 1. The summed E-state index contributed by atoms with van der Waals surface area (Å²) in [6.45, 7) is 1.72. The highest BCUT2D eigenvalue weighted by Crippen LogP contribution is 2.24. The van der Waals surface area contributed by atoms with Crippen LogP contribution < -0.4 is 4.74 Å². The standard InChI is InChI=1S/C14H10F3NO2/c1-9-4-2-7-12(18-9)13(19)10-5-3-6-11(8-10)20-14(15,16)17/h2-8H,1H3. The second kappa shape index (κ2) is 5.32. The molecule has 3 nitrogen and oxygen atoms in total. The van der Waals surface area contributed by atoms with E-state index in [2.05, 4.69) is 9.72 Å². The van der Waals surface area contributed by atoms with Crippen molar-refractivity contribution in [1.29, 1.82) is 0 Å². The molecule has 6 heteroatoms. The van der Waals surface area contributed by atoms with Crippen LogP contribution in [0.4, 0.5) is 13.2 Å². The van der Waals surface area contributed by atoms with E-state index >= 15 is 0 Å². The van der Waals surface area contributed by atoms with Gasteiger partial charge in [0.2, 0.25) is 5.78 Å². The fourth-order valence-electron chi connectivity index (χ4n) is 1.65. The number of aromatic nitrogens is 1. The minimum atomic E-state index is -4.79. The zero-order chi connectivity index (χ0) is 14.8. The second-order valence-electron chi connectivity index (χ2n) is 4.07. The van der Waals surface area contributed by atoms with Crippen molar-refractivity contribution in [3.63, 3.8) is 0 Å². The van der Waals surface area contributed by atoms with E-state index in [0.29, 0.717) is 5.69 Å². The first-order valence-corrected chi connectivity index (χ1v) is 5.69. The van der Waals surface area contributed by atoms with Crippen LogP contribution in [0.3, 0.4) is 0 Å². The van der Waals surface area contributed by atoms with Crippen molar-refractivity contribution in [2.24, 2.45) is 0 Å². The third-order valence-corrected chi connectivity index (χ3v) is 2.45. The van der Waals surface area contributed by atoms with E-state index in [4.69, 9.17) is 0 Å². The average molecular weight is 281 g/mol. The minimum Gasteiger partial charge on any atom is -0.406 e. The highest BCUT2D eigenvalue weighted by Gasteiger charge is 2.31. The number of ether oxygens (including phenoxy) is 1. The summed E-state index contributed by atoms with van der Waals surface area (Å²) < 4.78 is 40.2. The number of hydrogen-bond acceptors (Lipinski definition) is 3. The number of hydrogen-bond donors (Lipinski definition) is 0. The average Bonchev–Trinajstić information content (AvgIpc) is 2.36. The van der Waals surface area contributed by atoms with Gasteiger partial charge in [-0.2, -0.15) is 0 Å². The molecule has 0 amide bonds. The Bertz CT molecular complexity index is 638. The predicted molar refractivity (Wildman–Crippen MR) is 65.5 cm³/mol. The van der Waals surface area contributed by atoms with Gasteiger partial charge in [-0.15, -0.1) is 13.2 Å². The molecule has 0 aliphatic rings. The van der Waals surface area contributed by atoms with E-state index in [1.54, 1.807) is 19.1 Å². The quantitative estimate of drug-likeness (QED) is 0.808. The zero-order valence-electron chi connectivity index (χ0n) is 10.4. The number of benzene rings is 1. The molecule has 0 aliphatic carbocycles. The molecule has 1 aromatic heterocycles. The zero-order valence-corrected chi connectivity index (χ0v) is 10.4. The van der Waals surface area contributed by atoms with Gasteiger partial charge in [-0.1, -0.05) is 18.2 Å². The molecule has 2 aromatic rings. The highest BCUT2D eigenvalue weighted by atomic mass is 19.4.